The van der Waals surface area contributed by atoms with Gasteiger partial charge in [0.15, 0.2) is 5.11 Å². The zero-order chi connectivity index (χ0) is 19.9. The van der Waals surface area contributed by atoms with Crippen LogP contribution in [0.2, 0.25) is 5.02 Å². The largest absolute Gasteiger partial charge is 0.332 e. The van der Waals surface area contributed by atoms with Crippen molar-refractivity contribution in [3.63, 3.8) is 0 Å². The van der Waals surface area contributed by atoms with E-state index in [1.54, 1.807) is 72.8 Å². The second kappa shape index (κ2) is 9.12. The van der Waals surface area contributed by atoms with E-state index >= 15 is 0 Å². The Morgan fingerprint density at radius 2 is 1.39 bits per heavy atom. The highest BCUT2D eigenvalue weighted by atomic mass is 35.5. The van der Waals surface area contributed by atoms with Crippen LogP contribution in [0.1, 0.15) is 20.7 Å². The normalized spacial score (nSPS) is 10.0. The molecule has 0 unspecified atom stereocenters. The Balaban J connectivity index is 1.62. The lowest BCUT2D eigenvalue weighted by Crippen LogP contribution is -2.34. The molecule has 0 saturated carbocycles. The molecule has 140 valence electrons. The highest BCUT2D eigenvalue weighted by molar-refractivity contribution is 7.80. The van der Waals surface area contributed by atoms with Crippen LogP contribution in [0.25, 0.3) is 0 Å². The molecule has 0 aliphatic carbocycles. The molecule has 2 amide bonds. The van der Waals surface area contributed by atoms with Gasteiger partial charge in [-0.3, -0.25) is 14.9 Å². The molecule has 0 radical (unpaired) electrons. The first-order valence-corrected chi connectivity index (χ1v) is 9.15. The maximum absolute atomic E-state index is 12.3. The number of amides is 2. The Labute approximate surface area is 172 Å². The predicted molar refractivity (Wildman–Crippen MR) is 116 cm³/mol. The van der Waals surface area contributed by atoms with E-state index < -0.39 is 5.91 Å². The summed E-state index contributed by atoms with van der Waals surface area (Å²) in [6.45, 7) is 0. The number of carbonyl (C=O) groups excluding carboxylic acids is 2. The molecular weight excluding hydrogens is 394 g/mol. The molecule has 0 fully saturated rings. The molecule has 0 atom stereocenters. The van der Waals surface area contributed by atoms with E-state index in [1.807, 2.05) is 6.07 Å². The van der Waals surface area contributed by atoms with Crippen LogP contribution in [0.3, 0.4) is 0 Å². The lowest BCUT2D eigenvalue weighted by Gasteiger charge is -2.12. The summed E-state index contributed by atoms with van der Waals surface area (Å²) in [6, 6.07) is 22.6. The van der Waals surface area contributed by atoms with E-state index in [0.29, 0.717) is 27.5 Å². The van der Waals surface area contributed by atoms with Gasteiger partial charge in [0, 0.05) is 16.9 Å². The van der Waals surface area contributed by atoms with Gasteiger partial charge in [0.2, 0.25) is 0 Å². The van der Waals surface area contributed by atoms with Gasteiger partial charge in [-0.1, -0.05) is 48.0 Å². The standard InChI is InChI=1S/C21H16ClN3O2S/c22-18-12-5-4-11-17(18)20(27)25-21(28)24-16-10-6-9-15(13-16)23-19(26)14-7-2-1-3-8-14/h1-13H,(H,23,26)(H2,24,25,27,28). The molecule has 0 spiro atoms. The second-order valence-corrected chi connectivity index (χ2v) is 6.60. The summed E-state index contributed by atoms with van der Waals surface area (Å²) in [5.41, 5.74) is 2.11. The lowest BCUT2D eigenvalue weighted by atomic mass is 10.2. The number of rotatable bonds is 4. The van der Waals surface area contributed by atoms with Gasteiger partial charge < -0.3 is 10.6 Å². The van der Waals surface area contributed by atoms with Crippen LogP contribution in [0.4, 0.5) is 11.4 Å². The first-order valence-electron chi connectivity index (χ1n) is 8.36. The number of halogens is 1. The fourth-order valence-corrected chi connectivity index (χ4v) is 2.88. The molecule has 0 aliphatic rings. The number of carbonyl (C=O) groups is 2. The molecule has 7 heteroatoms. The minimum atomic E-state index is -0.406. The van der Waals surface area contributed by atoms with Crippen molar-refractivity contribution in [3.8, 4) is 0 Å². The quantitative estimate of drug-likeness (QED) is 0.545. The first-order chi connectivity index (χ1) is 13.5. The van der Waals surface area contributed by atoms with Gasteiger partial charge >= 0.3 is 0 Å². The summed E-state index contributed by atoms with van der Waals surface area (Å²) in [6.07, 6.45) is 0. The molecule has 0 bridgehead atoms. The maximum Gasteiger partial charge on any atom is 0.258 e. The van der Waals surface area contributed by atoms with Crippen LogP contribution >= 0.6 is 23.8 Å². The van der Waals surface area contributed by atoms with Crippen molar-refractivity contribution in [2.24, 2.45) is 0 Å². The summed E-state index contributed by atoms with van der Waals surface area (Å²) in [4.78, 5) is 24.5. The van der Waals surface area contributed by atoms with Crippen LogP contribution in [-0.2, 0) is 0 Å². The first kappa shape index (κ1) is 19.5. The van der Waals surface area contributed by atoms with E-state index in [9.17, 15) is 9.59 Å². The molecule has 5 nitrogen and oxygen atoms in total. The summed E-state index contributed by atoms with van der Waals surface area (Å²) >= 11 is 11.2. The summed E-state index contributed by atoms with van der Waals surface area (Å²) < 4.78 is 0. The van der Waals surface area contributed by atoms with Crippen LogP contribution in [-0.4, -0.2) is 16.9 Å². The van der Waals surface area contributed by atoms with Crippen molar-refractivity contribution < 1.29 is 9.59 Å². The zero-order valence-electron chi connectivity index (χ0n) is 14.6. The molecule has 0 aromatic heterocycles. The number of thiocarbonyl (C=S) groups is 1. The van der Waals surface area contributed by atoms with E-state index in [-0.39, 0.29) is 11.0 Å². The highest BCUT2D eigenvalue weighted by Crippen LogP contribution is 2.17. The second-order valence-electron chi connectivity index (χ2n) is 5.79. The molecule has 0 aliphatic heterocycles. The van der Waals surface area contributed by atoms with Crippen LogP contribution < -0.4 is 16.0 Å². The molecule has 3 rings (SSSR count). The van der Waals surface area contributed by atoms with Gasteiger partial charge in [0.25, 0.3) is 11.8 Å². The fraction of sp³-hybridized carbons (Fsp3) is 0. The average Bonchev–Trinajstić information content (AvgIpc) is 2.69. The Hall–Kier alpha value is -3.22. The van der Waals surface area contributed by atoms with Gasteiger partial charge in [-0.05, 0) is 54.7 Å². The third-order valence-electron chi connectivity index (χ3n) is 3.76. The molecular formula is C21H16ClN3O2S. The SMILES string of the molecule is O=C(Nc1cccc(NC(=S)NC(=O)c2ccccc2Cl)c1)c1ccccc1. The Bertz CT molecular complexity index is 1020. The smallest absolute Gasteiger partial charge is 0.258 e. The van der Waals surface area contributed by atoms with Crippen molar-refractivity contribution in [1.82, 2.24) is 5.32 Å². The van der Waals surface area contributed by atoms with Crippen molar-refractivity contribution in [2.45, 2.75) is 0 Å². The minimum Gasteiger partial charge on any atom is -0.332 e. The maximum atomic E-state index is 12.3. The zero-order valence-corrected chi connectivity index (χ0v) is 16.2. The molecule has 0 heterocycles. The van der Waals surface area contributed by atoms with Crippen molar-refractivity contribution in [2.75, 3.05) is 10.6 Å². The van der Waals surface area contributed by atoms with Gasteiger partial charge in [-0.2, -0.15) is 0 Å². The van der Waals surface area contributed by atoms with E-state index in [2.05, 4.69) is 16.0 Å². The highest BCUT2D eigenvalue weighted by Gasteiger charge is 2.11. The van der Waals surface area contributed by atoms with E-state index in [0.717, 1.165) is 0 Å². The molecule has 3 aromatic rings. The Kier molecular flexibility index (Phi) is 6.37. The topological polar surface area (TPSA) is 70.2 Å². The number of nitrogens with one attached hydrogen (secondary N) is 3. The average molecular weight is 410 g/mol. The van der Waals surface area contributed by atoms with Crippen LogP contribution in [0.5, 0.6) is 0 Å². The van der Waals surface area contributed by atoms with Gasteiger partial charge in [-0.25, -0.2) is 0 Å². The van der Waals surface area contributed by atoms with E-state index in [4.69, 9.17) is 23.8 Å². The number of hydrogen-bond donors (Lipinski definition) is 3. The van der Waals surface area contributed by atoms with Crippen LogP contribution in [0, 0.1) is 0 Å². The molecule has 0 saturated heterocycles. The van der Waals surface area contributed by atoms with Crippen molar-refractivity contribution in [1.29, 1.82) is 0 Å². The molecule has 3 N–H and O–H groups in total. The van der Waals surface area contributed by atoms with Crippen molar-refractivity contribution >= 4 is 52.1 Å². The fourth-order valence-electron chi connectivity index (χ4n) is 2.45. The summed E-state index contributed by atoms with van der Waals surface area (Å²) in [5.74, 6) is -0.621. The summed E-state index contributed by atoms with van der Waals surface area (Å²) in [7, 11) is 0. The Morgan fingerprint density at radius 1 is 0.750 bits per heavy atom. The summed E-state index contributed by atoms with van der Waals surface area (Å²) in [5, 5.41) is 8.78. The van der Waals surface area contributed by atoms with Crippen molar-refractivity contribution in [3.05, 3.63) is 95.0 Å². The number of benzene rings is 3. The monoisotopic (exact) mass is 409 g/mol. The van der Waals surface area contributed by atoms with E-state index in [1.165, 1.54) is 0 Å². The number of anilines is 2. The molecule has 28 heavy (non-hydrogen) atoms. The van der Waals surface area contributed by atoms with Crippen LogP contribution in [0.15, 0.2) is 78.9 Å². The minimum absolute atomic E-state index is 0.122. The predicted octanol–water partition coefficient (Wildman–Crippen LogP) is 4.72. The number of hydrogen-bond acceptors (Lipinski definition) is 3. The van der Waals surface area contributed by atoms with Gasteiger partial charge in [0.05, 0.1) is 10.6 Å². The Morgan fingerprint density at radius 3 is 2.11 bits per heavy atom. The third kappa shape index (κ3) is 5.16. The third-order valence-corrected chi connectivity index (χ3v) is 4.29. The van der Waals surface area contributed by atoms with Gasteiger partial charge in [0.1, 0.15) is 0 Å². The van der Waals surface area contributed by atoms with Gasteiger partial charge in [-0.15, -0.1) is 0 Å². The lowest BCUT2D eigenvalue weighted by molar-refractivity contribution is 0.0976. The molecule has 3 aromatic carbocycles.